The molecule has 2 rings (SSSR count). The summed E-state index contributed by atoms with van der Waals surface area (Å²) in [6.45, 7) is 15.3. The van der Waals surface area contributed by atoms with Crippen LogP contribution in [-0.4, -0.2) is 48.6 Å². The fraction of sp³-hybridized carbons (Fsp3) is 0.800. The Hall–Kier alpha value is -0.650. The standard InChI is InChI=1S/C15H28N4S/c1-7-16-11(2)13-12(3)17-14(20-13)19-9-8-18(6)15(4,5)10-19/h11,16H,7-10H2,1-6H3. The van der Waals surface area contributed by atoms with Crippen LogP contribution in [0.3, 0.4) is 0 Å². The van der Waals surface area contributed by atoms with Gasteiger partial charge >= 0.3 is 0 Å². The first-order valence-electron chi connectivity index (χ1n) is 7.52. The first kappa shape index (κ1) is 15.7. The van der Waals surface area contributed by atoms with E-state index in [1.807, 2.05) is 11.3 Å². The summed E-state index contributed by atoms with van der Waals surface area (Å²) < 4.78 is 0. The van der Waals surface area contributed by atoms with Crippen molar-refractivity contribution in [1.82, 2.24) is 15.2 Å². The Morgan fingerprint density at radius 3 is 2.70 bits per heavy atom. The highest BCUT2D eigenvalue weighted by atomic mass is 32.1. The largest absolute Gasteiger partial charge is 0.345 e. The zero-order valence-electron chi connectivity index (χ0n) is 13.7. The van der Waals surface area contributed by atoms with E-state index in [-0.39, 0.29) is 5.54 Å². The van der Waals surface area contributed by atoms with Crippen molar-refractivity contribution in [1.29, 1.82) is 0 Å². The summed E-state index contributed by atoms with van der Waals surface area (Å²) in [7, 11) is 2.21. The summed E-state index contributed by atoms with van der Waals surface area (Å²) in [6, 6.07) is 0.395. The Balaban J connectivity index is 2.16. The lowest BCUT2D eigenvalue weighted by atomic mass is 10.0. The lowest BCUT2D eigenvalue weighted by Crippen LogP contribution is -2.57. The zero-order chi connectivity index (χ0) is 14.9. The number of likely N-dealkylation sites (N-methyl/N-ethyl adjacent to an activating group) is 1. The Bertz CT molecular complexity index is 455. The van der Waals surface area contributed by atoms with Gasteiger partial charge in [0.1, 0.15) is 0 Å². The van der Waals surface area contributed by atoms with Crippen LogP contribution in [0.15, 0.2) is 0 Å². The summed E-state index contributed by atoms with van der Waals surface area (Å²) in [5.74, 6) is 0. The highest BCUT2D eigenvalue weighted by Crippen LogP contribution is 2.33. The first-order valence-corrected chi connectivity index (χ1v) is 8.33. The molecule has 1 aromatic heterocycles. The summed E-state index contributed by atoms with van der Waals surface area (Å²) in [5.41, 5.74) is 1.39. The number of hydrogen-bond donors (Lipinski definition) is 1. The topological polar surface area (TPSA) is 31.4 Å². The smallest absolute Gasteiger partial charge is 0.185 e. The van der Waals surface area contributed by atoms with E-state index in [1.54, 1.807) is 0 Å². The average molecular weight is 296 g/mol. The van der Waals surface area contributed by atoms with Crippen molar-refractivity contribution >= 4 is 16.5 Å². The zero-order valence-corrected chi connectivity index (χ0v) is 14.5. The second-order valence-corrected chi connectivity index (χ2v) is 7.39. The third kappa shape index (κ3) is 3.15. The summed E-state index contributed by atoms with van der Waals surface area (Å²) in [5, 5.41) is 4.67. The monoisotopic (exact) mass is 296 g/mol. The van der Waals surface area contributed by atoms with Crippen molar-refractivity contribution in [2.45, 2.75) is 46.2 Å². The van der Waals surface area contributed by atoms with Gasteiger partial charge in [0.25, 0.3) is 0 Å². The quantitative estimate of drug-likeness (QED) is 0.925. The Kier molecular flexibility index (Phi) is 4.72. The van der Waals surface area contributed by atoms with Gasteiger partial charge in [0.05, 0.1) is 5.69 Å². The van der Waals surface area contributed by atoms with E-state index in [0.29, 0.717) is 6.04 Å². The molecule has 2 heterocycles. The minimum absolute atomic E-state index is 0.214. The van der Waals surface area contributed by atoms with E-state index in [0.717, 1.165) is 26.2 Å². The number of piperazine rings is 1. The van der Waals surface area contributed by atoms with Crippen LogP contribution in [0.2, 0.25) is 0 Å². The minimum atomic E-state index is 0.214. The van der Waals surface area contributed by atoms with Gasteiger partial charge in [-0.3, -0.25) is 4.90 Å². The third-order valence-electron chi connectivity index (χ3n) is 4.31. The van der Waals surface area contributed by atoms with Crippen molar-refractivity contribution < 1.29 is 0 Å². The molecule has 114 valence electrons. The van der Waals surface area contributed by atoms with Crippen molar-refractivity contribution in [2.75, 3.05) is 38.1 Å². The predicted octanol–water partition coefficient (Wildman–Crippen LogP) is 2.65. The lowest BCUT2D eigenvalue weighted by Gasteiger charge is -2.45. The van der Waals surface area contributed by atoms with E-state index < -0.39 is 0 Å². The van der Waals surface area contributed by atoms with Gasteiger partial charge in [-0.15, -0.1) is 11.3 Å². The number of anilines is 1. The third-order valence-corrected chi connectivity index (χ3v) is 5.71. The van der Waals surface area contributed by atoms with Gasteiger partial charge in [0, 0.05) is 36.1 Å². The van der Waals surface area contributed by atoms with Gasteiger partial charge in [-0.25, -0.2) is 4.98 Å². The molecule has 1 saturated heterocycles. The molecule has 20 heavy (non-hydrogen) atoms. The highest BCUT2D eigenvalue weighted by Gasteiger charge is 2.32. The van der Waals surface area contributed by atoms with Crippen LogP contribution >= 0.6 is 11.3 Å². The lowest BCUT2D eigenvalue weighted by molar-refractivity contribution is 0.139. The number of nitrogens with one attached hydrogen (secondary N) is 1. The maximum Gasteiger partial charge on any atom is 0.185 e. The normalized spacial score (nSPS) is 21.2. The summed E-state index contributed by atoms with van der Waals surface area (Å²) >= 11 is 1.85. The molecule has 4 nitrogen and oxygen atoms in total. The summed E-state index contributed by atoms with van der Waals surface area (Å²) in [4.78, 5) is 11.1. The Labute approximate surface area is 127 Å². The van der Waals surface area contributed by atoms with Crippen LogP contribution in [0.25, 0.3) is 0 Å². The molecule has 0 spiro atoms. The molecular weight excluding hydrogens is 268 g/mol. The molecule has 0 saturated carbocycles. The number of rotatable bonds is 4. The molecular formula is C15H28N4S. The van der Waals surface area contributed by atoms with Gasteiger partial charge < -0.3 is 10.2 Å². The number of nitrogens with zero attached hydrogens (tertiary/aromatic N) is 3. The molecule has 0 aromatic carbocycles. The average Bonchev–Trinajstić information content (AvgIpc) is 2.75. The molecule has 0 aliphatic carbocycles. The molecule has 1 aliphatic rings. The number of hydrogen-bond acceptors (Lipinski definition) is 5. The molecule has 0 amide bonds. The molecule has 0 bridgehead atoms. The number of aromatic nitrogens is 1. The van der Waals surface area contributed by atoms with Crippen molar-refractivity contribution in [3.8, 4) is 0 Å². The van der Waals surface area contributed by atoms with E-state index in [4.69, 9.17) is 4.98 Å². The van der Waals surface area contributed by atoms with Crippen LogP contribution in [0.1, 0.15) is 44.3 Å². The van der Waals surface area contributed by atoms with Crippen molar-refractivity contribution in [3.05, 3.63) is 10.6 Å². The molecule has 1 aliphatic heterocycles. The Morgan fingerprint density at radius 1 is 1.40 bits per heavy atom. The van der Waals surface area contributed by atoms with Gasteiger partial charge in [0.2, 0.25) is 0 Å². The predicted molar refractivity (Wildman–Crippen MR) is 87.9 cm³/mol. The SMILES string of the molecule is CCNC(C)c1sc(N2CCN(C)C(C)(C)C2)nc1C. The van der Waals surface area contributed by atoms with Crippen LogP contribution in [-0.2, 0) is 0 Å². The maximum absolute atomic E-state index is 4.81. The van der Waals surface area contributed by atoms with Gasteiger partial charge in [0.15, 0.2) is 5.13 Å². The van der Waals surface area contributed by atoms with Gasteiger partial charge in [-0.1, -0.05) is 6.92 Å². The minimum Gasteiger partial charge on any atom is -0.345 e. The van der Waals surface area contributed by atoms with Crippen LogP contribution in [0, 0.1) is 6.92 Å². The Morgan fingerprint density at radius 2 is 2.10 bits per heavy atom. The second kappa shape index (κ2) is 6.00. The number of thiazole rings is 1. The van der Waals surface area contributed by atoms with Crippen molar-refractivity contribution in [3.63, 3.8) is 0 Å². The van der Waals surface area contributed by atoms with E-state index in [1.165, 1.54) is 15.7 Å². The maximum atomic E-state index is 4.81. The molecule has 1 N–H and O–H groups in total. The highest BCUT2D eigenvalue weighted by molar-refractivity contribution is 7.15. The van der Waals surface area contributed by atoms with E-state index in [9.17, 15) is 0 Å². The van der Waals surface area contributed by atoms with E-state index >= 15 is 0 Å². The molecule has 1 aromatic rings. The molecule has 1 atom stereocenters. The molecule has 1 fully saturated rings. The first-order chi connectivity index (χ1) is 9.35. The van der Waals surface area contributed by atoms with Crippen LogP contribution in [0.5, 0.6) is 0 Å². The van der Waals surface area contributed by atoms with Crippen molar-refractivity contribution in [2.24, 2.45) is 0 Å². The van der Waals surface area contributed by atoms with Crippen LogP contribution < -0.4 is 10.2 Å². The second-order valence-electron chi connectivity index (χ2n) is 6.38. The molecule has 1 unspecified atom stereocenters. The van der Waals surface area contributed by atoms with Crippen LogP contribution in [0.4, 0.5) is 5.13 Å². The van der Waals surface area contributed by atoms with Gasteiger partial charge in [-0.2, -0.15) is 0 Å². The fourth-order valence-electron chi connectivity index (χ4n) is 2.73. The van der Waals surface area contributed by atoms with Gasteiger partial charge in [-0.05, 0) is 41.3 Å². The summed E-state index contributed by atoms with van der Waals surface area (Å²) in [6.07, 6.45) is 0. The van der Waals surface area contributed by atoms with E-state index in [2.05, 4.69) is 56.8 Å². The number of aryl methyl sites for hydroxylation is 1. The molecule has 5 heteroatoms. The molecule has 0 radical (unpaired) electrons. The fourth-order valence-corrected chi connectivity index (χ4v) is 3.85.